The fourth-order valence-electron chi connectivity index (χ4n) is 3.73. The Bertz CT molecular complexity index is 1400. The zero-order chi connectivity index (χ0) is 24.7. The first-order valence-corrected chi connectivity index (χ1v) is 10.0. The topological polar surface area (TPSA) is 85.6 Å². The molecule has 0 saturated heterocycles. The van der Waals surface area contributed by atoms with Gasteiger partial charge in [-0.2, -0.15) is 10.1 Å². The Morgan fingerprint density at radius 2 is 1.97 bits per heavy atom. The minimum atomic E-state index is -2.57. The van der Waals surface area contributed by atoms with Gasteiger partial charge in [-0.25, -0.2) is 14.7 Å². The number of methoxy groups -OCH3 is 1. The number of hydrogen-bond donors (Lipinski definition) is 0. The van der Waals surface area contributed by atoms with Gasteiger partial charge in [-0.1, -0.05) is 0 Å². The lowest BCUT2D eigenvalue weighted by molar-refractivity contribution is 0.252. The Morgan fingerprint density at radius 3 is 2.75 bits per heavy atom. The highest BCUT2D eigenvalue weighted by Gasteiger charge is 2.35. The maximum Gasteiger partial charge on any atom is 0.335 e. The third kappa shape index (κ3) is 3.37. The van der Waals surface area contributed by atoms with Crippen LogP contribution in [0.1, 0.15) is 16.7 Å². The van der Waals surface area contributed by atoms with Gasteiger partial charge < -0.3 is 9.47 Å². The predicted molar refractivity (Wildman–Crippen MR) is 121 cm³/mol. The molecule has 0 radical (unpaired) electrons. The summed E-state index contributed by atoms with van der Waals surface area (Å²) >= 11 is 0. The van der Waals surface area contributed by atoms with Crippen molar-refractivity contribution in [2.45, 2.75) is 13.5 Å². The van der Waals surface area contributed by atoms with Crippen molar-refractivity contribution in [3.05, 3.63) is 60.6 Å². The number of hydrogen-bond acceptors (Lipinski definition) is 6. The summed E-state index contributed by atoms with van der Waals surface area (Å²) in [6.07, 6.45) is 3.42. The highest BCUT2D eigenvalue weighted by Crippen LogP contribution is 2.37. The van der Waals surface area contributed by atoms with Gasteiger partial charge in [0.15, 0.2) is 5.82 Å². The van der Waals surface area contributed by atoms with Crippen molar-refractivity contribution in [3.63, 3.8) is 0 Å². The number of urea groups is 1. The summed E-state index contributed by atoms with van der Waals surface area (Å²) in [5.74, 6) is 0.812. The van der Waals surface area contributed by atoms with E-state index in [1.54, 1.807) is 21.7 Å². The molecule has 32 heavy (non-hydrogen) atoms. The number of aromatic nitrogens is 4. The van der Waals surface area contributed by atoms with Crippen LogP contribution in [0.5, 0.6) is 11.6 Å². The molecule has 2 aromatic heterocycles. The zero-order valence-electron chi connectivity index (χ0n) is 20.5. The van der Waals surface area contributed by atoms with Gasteiger partial charge in [-0.3, -0.25) is 9.58 Å². The van der Waals surface area contributed by atoms with Gasteiger partial charge in [0.2, 0.25) is 5.88 Å². The molecule has 0 bridgehead atoms. The van der Waals surface area contributed by atoms with E-state index in [0.717, 1.165) is 10.9 Å². The average molecular weight is 433 g/mol. The van der Waals surface area contributed by atoms with Crippen LogP contribution in [-0.2, 0) is 13.6 Å². The number of benzene rings is 2. The summed E-state index contributed by atoms with van der Waals surface area (Å²) in [7, 11) is -0.733. The van der Waals surface area contributed by atoms with Crippen LogP contribution in [0.3, 0.4) is 0 Å². The lowest BCUT2D eigenvalue weighted by atomic mass is 10.1. The lowest BCUT2D eigenvalue weighted by Crippen LogP contribution is -2.45. The highest BCUT2D eigenvalue weighted by molar-refractivity contribution is 6.10. The number of carbonyl (C=O) groups is 1. The van der Waals surface area contributed by atoms with Gasteiger partial charge in [-0.05, 0) is 49.4 Å². The third-order valence-electron chi connectivity index (χ3n) is 5.17. The number of fused-ring (bicyclic) bond motifs is 2. The van der Waals surface area contributed by atoms with Gasteiger partial charge in [0.1, 0.15) is 11.4 Å². The SMILES string of the molecule is [2H]C([2H])([2H])Oc1ccc(N2C(=O)N(c3ccc4nn(C)cc4c3)Cc3ncc(OCC)nc32)cc1. The van der Waals surface area contributed by atoms with Gasteiger partial charge >= 0.3 is 6.03 Å². The molecule has 0 saturated carbocycles. The summed E-state index contributed by atoms with van der Waals surface area (Å²) in [5, 5.41) is 5.29. The Labute approximate surface area is 189 Å². The van der Waals surface area contributed by atoms with Crippen molar-refractivity contribution in [2.75, 3.05) is 23.4 Å². The fraction of sp³-hybridized carbons (Fsp3) is 0.217. The Balaban J connectivity index is 1.57. The molecule has 162 valence electrons. The molecule has 2 amide bonds. The molecule has 5 rings (SSSR count). The molecule has 1 aliphatic heterocycles. The molecular formula is C23H22N6O3. The molecule has 0 unspecified atom stereocenters. The van der Waals surface area contributed by atoms with Gasteiger partial charge in [-0.15, -0.1) is 0 Å². The first-order valence-electron chi connectivity index (χ1n) is 11.5. The highest BCUT2D eigenvalue weighted by atomic mass is 16.5. The summed E-state index contributed by atoms with van der Waals surface area (Å²) < 4.78 is 34.1. The van der Waals surface area contributed by atoms with Gasteiger partial charge in [0.25, 0.3) is 0 Å². The maximum absolute atomic E-state index is 13.8. The Morgan fingerprint density at radius 1 is 1.16 bits per heavy atom. The van der Waals surface area contributed by atoms with Crippen LogP contribution >= 0.6 is 0 Å². The molecule has 0 fully saturated rings. The first kappa shape index (κ1) is 16.5. The number of aryl methyl sites for hydroxylation is 1. The molecule has 0 aliphatic carbocycles. The Kier molecular flexibility index (Phi) is 4.05. The molecule has 0 atom stereocenters. The van der Waals surface area contributed by atoms with E-state index < -0.39 is 7.04 Å². The smallest absolute Gasteiger partial charge is 0.335 e. The lowest BCUT2D eigenvalue weighted by Gasteiger charge is -2.35. The quantitative estimate of drug-likeness (QED) is 0.472. The molecule has 3 heterocycles. The number of ether oxygens (including phenoxy) is 2. The summed E-state index contributed by atoms with van der Waals surface area (Å²) in [6.45, 7) is 2.46. The number of rotatable bonds is 5. The monoisotopic (exact) mass is 433 g/mol. The molecule has 2 aromatic carbocycles. The van der Waals surface area contributed by atoms with Crippen LogP contribution in [0.4, 0.5) is 22.0 Å². The van der Waals surface area contributed by atoms with Crippen molar-refractivity contribution >= 4 is 34.1 Å². The van der Waals surface area contributed by atoms with Gasteiger partial charge in [0, 0.05) is 24.3 Å². The van der Waals surface area contributed by atoms with Crippen LogP contribution in [0.15, 0.2) is 54.9 Å². The van der Waals surface area contributed by atoms with Crippen LogP contribution in [0, 0.1) is 0 Å². The minimum absolute atomic E-state index is 0.159. The van der Waals surface area contributed by atoms with E-state index in [9.17, 15) is 4.79 Å². The van der Waals surface area contributed by atoms with E-state index in [1.165, 1.54) is 23.2 Å². The van der Waals surface area contributed by atoms with Crippen LogP contribution in [0.25, 0.3) is 10.9 Å². The molecule has 9 heteroatoms. The summed E-state index contributed by atoms with van der Waals surface area (Å²) in [4.78, 5) is 25.9. The second-order valence-corrected chi connectivity index (χ2v) is 7.26. The number of anilines is 3. The molecule has 1 aliphatic rings. The fourth-order valence-corrected chi connectivity index (χ4v) is 3.73. The minimum Gasteiger partial charge on any atom is -0.497 e. The van der Waals surface area contributed by atoms with E-state index in [4.69, 9.17) is 13.6 Å². The molecular weight excluding hydrogens is 408 g/mol. The van der Waals surface area contributed by atoms with Crippen molar-refractivity contribution < 1.29 is 18.4 Å². The zero-order valence-corrected chi connectivity index (χ0v) is 17.5. The molecule has 9 nitrogen and oxygen atoms in total. The standard InChI is InChI=1S/C23H22N6O3/c1-4-32-21-12-24-20-14-28(17-7-10-19-15(11-17)13-27(2)26-19)23(30)29(22(20)25-21)16-5-8-18(31-3)9-6-16/h5-13H,4,14H2,1-3H3/i3D3. The third-order valence-corrected chi connectivity index (χ3v) is 5.17. The number of nitrogens with zero attached hydrogens (tertiary/aromatic N) is 6. The normalized spacial score (nSPS) is 15.2. The van der Waals surface area contributed by atoms with Gasteiger partial charge in [0.05, 0.1) is 41.7 Å². The second kappa shape index (κ2) is 7.84. The first-order chi connectivity index (χ1) is 16.7. The van der Waals surface area contributed by atoms with E-state index in [1.807, 2.05) is 38.4 Å². The summed E-state index contributed by atoms with van der Waals surface area (Å²) in [6, 6.07) is 11.5. The van der Waals surface area contributed by atoms with Crippen LogP contribution in [-0.4, -0.2) is 39.4 Å². The molecule has 4 aromatic rings. The predicted octanol–water partition coefficient (Wildman–Crippen LogP) is 4.05. The molecule has 0 N–H and O–H groups in total. The van der Waals surface area contributed by atoms with Crippen molar-refractivity contribution in [1.29, 1.82) is 0 Å². The second-order valence-electron chi connectivity index (χ2n) is 7.26. The van der Waals surface area contributed by atoms with E-state index in [0.29, 0.717) is 35.4 Å². The number of carbonyl (C=O) groups excluding carboxylic acids is 1. The van der Waals surface area contributed by atoms with Crippen LogP contribution < -0.4 is 19.3 Å². The number of amides is 2. The average Bonchev–Trinajstić information content (AvgIpc) is 3.18. The van der Waals surface area contributed by atoms with E-state index >= 15 is 0 Å². The van der Waals surface area contributed by atoms with E-state index in [2.05, 4.69) is 15.1 Å². The Hall–Kier alpha value is -4.14. The largest absolute Gasteiger partial charge is 0.497 e. The van der Waals surface area contributed by atoms with Crippen LogP contribution in [0.2, 0.25) is 0 Å². The molecule has 0 spiro atoms. The van der Waals surface area contributed by atoms with Crippen molar-refractivity contribution in [1.82, 2.24) is 19.7 Å². The van der Waals surface area contributed by atoms with Crippen molar-refractivity contribution in [2.24, 2.45) is 7.05 Å². The summed E-state index contributed by atoms with van der Waals surface area (Å²) in [5.41, 5.74) is 2.57. The maximum atomic E-state index is 13.8. The van der Waals surface area contributed by atoms with Crippen molar-refractivity contribution in [3.8, 4) is 11.6 Å². The van der Waals surface area contributed by atoms with E-state index in [-0.39, 0.29) is 18.3 Å².